The minimum atomic E-state index is 0. The van der Waals surface area contributed by atoms with Gasteiger partial charge in [-0.3, -0.25) is 0 Å². The van der Waals surface area contributed by atoms with Crippen molar-refractivity contribution >= 4 is 23.1 Å². The Hall–Kier alpha value is 0.466. The van der Waals surface area contributed by atoms with Crippen molar-refractivity contribution in [3.8, 4) is 0 Å². The molecule has 10 heavy (non-hydrogen) atoms. The molecule has 0 aliphatic heterocycles. The summed E-state index contributed by atoms with van der Waals surface area (Å²) in [5, 5.41) is 0. The molecule has 0 aliphatic rings. The van der Waals surface area contributed by atoms with E-state index in [2.05, 4.69) is 19.1 Å². The van der Waals surface area contributed by atoms with Crippen LogP contribution in [0.15, 0.2) is 24.3 Å². The van der Waals surface area contributed by atoms with E-state index in [0.717, 1.165) is 6.42 Å². The molecule has 0 radical (unpaired) electrons. The number of halogens is 1. The van der Waals surface area contributed by atoms with Gasteiger partial charge in [-0.1, -0.05) is 13.3 Å². The first-order valence-corrected chi connectivity index (χ1v) is 2.88. The minimum Gasteiger partial charge on any atom is -1.00 e. The normalized spacial score (nSPS) is 7.30. The summed E-state index contributed by atoms with van der Waals surface area (Å²) in [6.45, 7) is 2.14. The molecule has 0 unspecified atom stereocenters. The fourth-order valence-corrected chi connectivity index (χ4v) is 0.650. The van der Waals surface area contributed by atoms with Crippen LogP contribution in [-0.2, 0) is 6.42 Å². The zero-order chi connectivity index (χ0) is 5.82. The van der Waals surface area contributed by atoms with Crippen molar-refractivity contribution in [3.05, 3.63) is 35.9 Å². The van der Waals surface area contributed by atoms with Crippen LogP contribution in [0.5, 0.6) is 0 Å². The fourth-order valence-electron chi connectivity index (χ4n) is 0.650. The van der Waals surface area contributed by atoms with Crippen LogP contribution < -0.4 is 17.0 Å². The maximum Gasteiger partial charge on any atom is 2.00 e. The van der Waals surface area contributed by atoms with Gasteiger partial charge in [0.05, 0.1) is 0 Å². The summed E-state index contributed by atoms with van der Waals surface area (Å²) >= 11 is 0. The number of benzene rings is 1. The summed E-state index contributed by atoms with van der Waals surface area (Å²) < 4.78 is 0. The third-order valence-electron chi connectivity index (χ3n) is 1.18. The van der Waals surface area contributed by atoms with Crippen LogP contribution in [0.2, 0.25) is 0 Å². The average Bonchev–Trinajstić information content (AvgIpc) is 1.90. The molecule has 0 amide bonds. The number of rotatable bonds is 1. The van der Waals surface area contributed by atoms with E-state index < -0.39 is 0 Å². The van der Waals surface area contributed by atoms with Crippen LogP contribution in [-0.4, -0.2) is 23.1 Å². The molecule has 0 heterocycles. The van der Waals surface area contributed by atoms with Crippen LogP contribution in [0.4, 0.5) is 0 Å². The Bertz CT molecular complexity index is 151. The van der Waals surface area contributed by atoms with Gasteiger partial charge in [0.1, 0.15) is 0 Å². The van der Waals surface area contributed by atoms with E-state index in [1.807, 2.05) is 18.2 Å². The monoisotopic (exact) mass is 208 g/mol. The molecular weight excluding hydrogens is 200 g/mol. The summed E-state index contributed by atoms with van der Waals surface area (Å²) in [5.41, 5.74) is 1.35. The van der Waals surface area contributed by atoms with Gasteiger partial charge in [-0.05, 0) is 0 Å². The van der Waals surface area contributed by atoms with Crippen LogP contribution >= 0.6 is 0 Å². The molecule has 0 atom stereocenters. The van der Waals surface area contributed by atoms with Crippen LogP contribution in [0, 0.1) is 6.07 Å². The largest absolute Gasteiger partial charge is 2.00 e. The molecule has 0 aromatic heterocycles. The van der Waals surface area contributed by atoms with Crippen molar-refractivity contribution in [2.24, 2.45) is 0 Å². The standard InChI is InChI=1S/C8H9.BrH.Mg/c1-2-8-6-4-3-5-7-8;;/h3-4,6-7H,2H2,1H3;1H;/q-1;;+2/p-1. The summed E-state index contributed by atoms with van der Waals surface area (Å²) in [6, 6.07) is 11.1. The first-order chi connectivity index (χ1) is 3.93. The SMILES string of the molecule is CCc1c[c-]ccc1.[Br-].[Mg+2]. The Morgan fingerprint density at radius 3 is 2.50 bits per heavy atom. The molecule has 0 bridgehead atoms. The summed E-state index contributed by atoms with van der Waals surface area (Å²) in [6.07, 6.45) is 1.11. The van der Waals surface area contributed by atoms with Crippen molar-refractivity contribution in [1.82, 2.24) is 0 Å². The van der Waals surface area contributed by atoms with Crippen LogP contribution in [0.3, 0.4) is 0 Å². The zero-order valence-electron chi connectivity index (χ0n) is 6.10. The van der Waals surface area contributed by atoms with Gasteiger partial charge < -0.3 is 17.0 Å². The first-order valence-electron chi connectivity index (χ1n) is 2.88. The van der Waals surface area contributed by atoms with Gasteiger partial charge in [0.25, 0.3) is 0 Å². The third kappa shape index (κ3) is 4.31. The van der Waals surface area contributed by atoms with Crippen LogP contribution in [0.25, 0.3) is 0 Å². The summed E-state index contributed by atoms with van der Waals surface area (Å²) in [5.74, 6) is 0. The molecule has 0 N–H and O–H groups in total. The van der Waals surface area contributed by atoms with Crippen molar-refractivity contribution in [2.45, 2.75) is 13.3 Å². The molecule has 0 nitrogen and oxygen atoms in total. The molecule has 1 rings (SSSR count). The van der Waals surface area contributed by atoms with Crippen molar-refractivity contribution in [1.29, 1.82) is 0 Å². The summed E-state index contributed by atoms with van der Waals surface area (Å²) in [7, 11) is 0. The van der Waals surface area contributed by atoms with Gasteiger partial charge in [-0.2, -0.15) is 35.9 Å². The number of aryl methyl sites for hydroxylation is 1. The van der Waals surface area contributed by atoms with Gasteiger partial charge in [-0.25, -0.2) is 0 Å². The molecule has 0 saturated carbocycles. The number of hydrogen-bond acceptors (Lipinski definition) is 0. The third-order valence-corrected chi connectivity index (χ3v) is 1.18. The van der Waals surface area contributed by atoms with Gasteiger partial charge >= 0.3 is 23.1 Å². The van der Waals surface area contributed by atoms with Gasteiger partial charge in [0.2, 0.25) is 0 Å². The van der Waals surface area contributed by atoms with Gasteiger partial charge in [0.15, 0.2) is 0 Å². The second kappa shape index (κ2) is 7.57. The van der Waals surface area contributed by atoms with E-state index in [9.17, 15) is 0 Å². The molecule has 2 heteroatoms. The molecule has 1 aromatic carbocycles. The molecule has 0 spiro atoms. The van der Waals surface area contributed by atoms with E-state index in [1.165, 1.54) is 5.56 Å². The minimum absolute atomic E-state index is 0. The molecule has 0 fully saturated rings. The maximum atomic E-state index is 3.01. The Labute approximate surface area is 88.9 Å². The Morgan fingerprint density at radius 1 is 1.50 bits per heavy atom. The summed E-state index contributed by atoms with van der Waals surface area (Å²) in [4.78, 5) is 0. The van der Waals surface area contributed by atoms with E-state index in [1.54, 1.807) is 0 Å². The molecule has 1 aromatic rings. The Morgan fingerprint density at radius 2 is 2.20 bits per heavy atom. The molecular formula is C8H9BrMg. The Kier molecular flexibility index (Phi) is 9.91. The predicted molar refractivity (Wildman–Crippen MR) is 40.4 cm³/mol. The smallest absolute Gasteiger partial charge is 1.00 e. The second-order valence-electron chi connectivity index (χ2n) is 1.77. The van der Waals surface area contributed by atoms with Crippen molar-refractivity contribution in [3.63, 3.8) is 0 Å². The molecule has 50 valence electrons. The Balaban J connectivity index is 0. The van der Waals surface area contributed by atoms with E-state index >= 15 is 0 Å². The maximum absolute atomic E-state index is 3.01. The predicted octanol–water partition coefficient (Wildman–Crippen LogP) is -1.33. The van der Waals surface area contributed by atoms with Crippen LogP contribution in [0.1, 0.15) is 12.5 Å². The quantitative estimate of drug-likeness (QED) is 0.397. The molecule has 0 aliphatic carbocycles. The van der Waals surface area contributed by atoms with E-state index in [-0.39, 0.29) is 40.0 Å². The van der Waals surface area contributed by atoms with E-state index in [4.69, 9.17) is 0 Å². The van der Waals surface area contributed by atoms with E-state index in [0.29, 0.717) is 0 Å². The molecule has 0 saturated heterocycles. The van der Waals surface area contributed by atoms with Gasteiger partial charge in [-0.15, -0.1) is 0 Å². The first kappa shape index (κ1) is 13.1. The zero-order valence-corrected chi connectivity index (χ0v) is 9.10. The van der Waals surface area contributed by atoms with Gasteiger partial charge in [0, 0.05) is 0 Å². The fraction of sp³-hybridized carbons (Fsp3) is 0.250. The topological polar surface area (TPSA) is 0 Å². The average molecular weight is 209 g/mol. The van der Waals surface area contributed by atoms with Crippen molar-refractivity contribution in [2.75, 3.05) is 0 Å². The van der Waals surface area contributed by atoms with Crippen molar-refractivity contribution < 1.29 is 17.0 Å². The second-order valence-corrected chi connectivity index (χ2v) is 1.77. The number of hydrogen-bond donors (Lipinski definition) is 0.